The monoisotopic (exact) mass is 321 g/mol. The smallest absolute Gasteiger partial charge is 0.328 e. The first kappa shape index (κ1) is 15.3. The van der Waals surface area contributed by atoms with E-state index in [-0.39, 0.29) is 18.2 Å². The Bertz CT molecular complexity index is 596. The van der Waals surface area contributed by atoms with Crippen molar-refractivity contribution >= 4 is 12.1 Å². The van der Waals surface area contributed by atoms with E-state index in [0.717, 1.165) is 12.8 Å². The van der Waals surface area contributed by atoms with Crippen molar-refractivity contribution in [1.82, 2.24) is 25.1 Å². The molecule has 2 fully saturated rings. The SMILES string of the molecule is COc1nccnc1O[C@H]1CCCN(C(=O)N2CCNC2=O)C1. The first-order chi connectivity index (χ1) is 11.2. The molecule has 1 aromatic heterocycles. The highest BCUT2D eigenvalue weighted by atomic mass is 16.5. The quantitative estimate of drug-likeness (QED) is 0.869. The molecule has 0 radical (unpaired) electrons. The maximum atomic E-state index is 12.4. The van der Waals surface area contributed by atoms with Crippen LogP contribution in [-0.4, -0.2) is 71.2 Å². The zero-order valence-electron chi connectivity index (χ0n) is 12.9. The number of carbonyl (C=O) groups is 2. The number of urea groups is 2. The second kappa shape index (κ2) is 6.67. The molecule has 1 atom stereocenters. The van der Waals surface area contributed by atoms with Crippen LogP contribution in [0.4, 0.5) is 9.59 Å². The summed E-state index contributed by atoms with van der Waals surface area (Å²) in [5.41, 5.74) is 0. The molecule has 9 nitrogen and oxygen atoms in total. The van der Waals surface area contributed by atoms with Gasteiger partial charge in [-0.05, 0) is 12.8 Å². The number of imide groups is 1. The minimum Gasteiger partial charge on any atom is -0.477 e. The zero-order chi connectivity index (χ0) is 16.2. The van der Waals surface area contributed by atoms with Crippen molar-refractivity contribution in [3.8, 4) is 11.8 Å². The van der Waals surface area contributed by atoms with Gasteiger partial charge in [-0.15, -0.1) is 0 Å². The Balaban J connectivity index is 1.64. The highest BCUT2D eigenvalue weighted by Crippen LogP contribution is 2.24. The molecule has 23 heavy (non-hydrogen) atoms. The molecule has 0 aliphatic carbocycles. The molecule has 3 rings (SSSR count). The van der Waals surface area contributed by atoms with Crippen molar-refractivity contribution in [3.63, 3.8) is 0 Å². The van der Waals surface area contributed by atoms with Gasteiger partial charge in [-0.3, -0.25) is 0 Å². The lowest BCUT2D eigenvalue weighted by Crippen LogP contribution is -2.50. The van der Waals surface area contributed by atoms with Crippen LogP contribution in [0.25, 0.3) is 0 Å². The lowest BCUT2D eigenvalue weighted by molar-refractivity contribution is 0.0854. The van der Waals surface area contributed by atoms with E-state index in [1.54, 1.807) is 4.90 Å². The number of hydrogen-bond acceptors (Lipinski definition) is 6. The summed E-state index contributed by atoms with van der Waals surface area (Å²) in [5.74, 6) is 0.628. The molecule has 0 aromatic carbocycles. The highest BCUT2D eigenvalue weighted by Gasteiger charge is 2.33. The van der Waals surface area contributed by atoms with E-state index < -0.39 is 0 Å². The Morgan fingerprint density at radius 1 is 1.30 bits per heavy atom. The van der Waals surface area contributed by atoms with Crippen molar-refractivity contribution in [2.24, 2.45) is 0 Å². The molecule has 2 aliphatic rings. The summed E-state index contributed by atoms with van der Waals surface area (Å²) in [7, 11) is 1.50. The molecule has 0 saturated carbocycles. The molecular weight excluding hydrogens is 302 g/mol. The van der Waals surface area contributed by atoms with E-state index in [9.17, 15) is 9.59 Å². The number of carbonyl (C=O) groups excluding carboxylic acids is 2. The van der Waals surface area contributed by atoms with Gasteiger partial charge in [0.1, 0.15) is 6.10 Å². The second-order valence-corrected chi connectivity index (χ2v) is 5.37. The summed E-state index contributed by atoms with van der Waals surface area (Å²) in [6.07, 6.45) is 4.44. The van der Waals surface area contributed by atoms with E-state index in [2.05, 4.69) is 15.3 Å². The molecule has 0 spiro atoms. The van der Waals surface area contributed by atoms with E-state index in [1.807, 2.05) is 0 Å². The largest absolute Gasteiger partial charge is 0.477 e. The number of piperidine rings is 1. The van der Waals surface area contributed by atoms with Gasteiger partial charge < -0.3 is 19.7 Å². The molecule has 4 amide bonds. The molecule has 0 unspecified atom stereocenters. The Hall–Kier alpha value is -2.58. The third-order valence-electron chi connectivity index (χ3n) is 3.84. The van der Waals surface area contributed by atoms with Gasteiger partial charge >= 0.3 is 12.1 Å². The fourth-order valence-electron chi connectivity index (χ4n) is 2.72. The number of ether oxygens (including phenoxy) is 2. The number of rotatable bonds is 3. The average molecular weight is 321 g/mol. The van der Waals surface area contributed by atoms with Gasteiger partial charge in [0.15, 0.2) is 0 Å². The van der Waals surface area contributed by atoms with Crippen LogP contribution in [0.2, 0.25) is 0 Å². The van der Waals surface area contributed by atoms with E-state index >= 15 is 0 Å². The van der Waals surface area contributed by atoms with Gasteiger partial charge in [-0.1, -0.05) is 0 Å². The summed E-state index contributed by atoms with van der Waals surface area (Å²) in [6.45, 7) is 1.91. The molecule has 124 valence electrons. The standard InChI is InChI=1S/C14H19N5O4/c1-22-11-12(16-5-4-15-11)23-10-3-2-7-18(9-10)14(21)19-8-6-17-13(19)20/h4-5,10H,2-3,6-9H2,1H3,(H,17,20)/t10-/m0/s1. The van der Waals surface area contributed by atoms with Crippen LogP contribution in [0.3, 0.4) is 0 Å². The molecule has 1 aromatic rings. The molecule has 0 bridgehead atoms. The van der Waals surface area contributed by atoms with Crippen molar-refractivity contribution in [2.75, 3.05) is 33.3 Å². The topological polar surface area (TPSA) is 96.9 Å². The predicted octanol–water partition coefficient (Wildman–Crippen LogP) is 0.474. The number of amides is 4. The number of aromatic nitrogens is 2. The third-order valence-corrected chi connectivity index (χ3v) is 3.84. The summed E-state index contributed by atoms with van der Waals surface area (Å²) in [6, 6.07) is -0.618. The normalized spacial score (nSPS) is 21.1. The maximum Gasteiger partial charge on any atom is 0.328 e. The highest BCUT2D eigenvalue weighted by molar-refractivity contribution is 5.95. The lowest BCUT2D eigenvalue weighted by Gasteiger charge is -2.34. The number of nitrogens with one attached hydrogen (secondary N) is 1. The molecule has 1 N–H and O–H groups in total. The second-order valence-electron chi connectivity index (χ2n) is 5.37. The number of methoxy groups -OCH3 is 1. The van der Waals surface area contributed by atoms with Gasteiger partial charge in [0.2, 0.25) is 0 Å². The molecule has 3 heterocycles. The molecule has 2 saturated heterocycles. The van der Waals surface area contributed by atoms with E-state index in [0.29, 0.717) is 37.9 Å². The minimum atomic E-state index is -0.339. The van der Waals surface area contributed by atoms with Crippen LogP contribution in [0.5, 0.6) is 11.8 Å². The maximum absolute atomic E-state index is 12.4. The Labute approximate surface area is 133 Å². The van der Waals surface area contributed by atoms with E-state index in [1.165, 1.54) is 24.4 Å². The van der Waals surface area contributed by atoms with Crippen molar-refractivity contribution in [1.29, 1.82) is 0 Å². The number of likely N-dealkylation sites (tertiary alicyclic amines) is 1. The lowest BCUT2D eigenvalue weighted by atomic mass is 10.1. The Kier molecular flexibility index (Phi) is 4.45. The Morgan fingerprint density at radius 2 is 2.09 bits per heavy atom. The summed E-state index contributed by atoms with van der Waals surface area (Å²) in [5, 5.41) is 2.63. The summed E-state index contributed by atoms with van der Waals surface area (Å²) < 4.78 is 11.0. The van der Waals surface area contributed by atoms with Gasteiger partial charge in [-0.2, -0.15) is 0 Å². The van der Waals surface area contributed by atoms with Gasteiger partial charge in [0.05, 0.1) is 13.7 Å². The molecule has 2 aliphatic heterocycles. The zero-order valence-corrected chi connectivity index (χ0v) is 12.9. The predicted molar refractivity (Wildman–Crippen MR) is 79.3 cm³/mol. The third kappa shape index (κ3) is 3.27. The summed E-state index contributed by atoms with van der Waals surface area (Å²) in [4.78, 5) is 35.1. The van der Waals surface area contributed by atoms with E-state index in [4.69, 9.17) is 9.47 Å². The van der Waals surface area contributed by atoms with Gasteiger partial charge in [0.25, 0.3) is 11.8 Å². The number of nitrogens with zero attached hydrogens (tertiary/aromatic N) is 4. The fourth-order valence-corrected chi connectivity index (χ4v) is 2.72. The molecule has 9 heteroatoms. The fraction of sp³-hybridized carbons (Fsp3) is 0.571. The van der Waals surface area contributed by atoms with Crippen molar-refractivity contribution < 1.29 is 19.1 Å². The van der Waals surface area contributed by atoms with Gasteiger partial charge in [0, 0.05) is 32.0 Å². The average Bonchev–Trinajstić information content (AvgIpc) is 3.01. The van der Waals surface area contributed by atoms with Crippen LogP contribution in [-0.2, 0) is 0 Å². The van der Waals surface area contributed by atoms with Crippen molar-refractivity contribution in [3.05, 3.63) is 12.4 Å². The minimum absolute atomic E-state index is 0.205. The van der Waals surface area contributed by atoms with Crippen molar-refractivity contribution in [2.45, 2.75) is 18.9 Å². The van der Waals surface area contributed by atoms with Crippen LogP contribution >= 0.6 is 0 Å². The first-order valence-electron chi connectivity index (χ1n) is 7.55. The Morgan fingerprint density at radius 3 is 2.78 bits per heavy atom. The molecular formula is C14H19N5O4. The summed E-state index contributed by atoms with van der Waals surface area (Å²) >= 11 is 0. The van der Waals surface area contributed by atoms with Crippen LogP contribution < -0.4 is 14.8 Å². The van der Waals surface area contributed by atoms with Crippen LogP contribution in [0.15, 0.2) is 12.4 Å². The van der Waals surface area contributed by atoms with Crippen LogP contribution in [0, 0.1) is 0 Å². The number of hydrogen-bond donors (Lipinski definition) is 1. The first-order valence-corrected chi connectivity index (χ1v) is 7.55. The van der Waals surface area contributed by atoms with Gasteiger partial charge in [-0.25, -0.2) is 24.5 Å². The van der Waals surface area contributed by atoms with Crippen LogP contribution in [0.1, 0.15) is 12.8 Å².